The van der Waals surface area contributed by atoms with Crippen LogP contribution in [0, 0.1) is 45.4 Å². The number of benzene rings is 5. The highest BCUT2D eigenvalue weighted by atomic mass is 35.5. The molecule has 3 amide bonds. The number of nitrogens with one attached hydrogen (secondary N) is 13. The Morgan fingerprint density at radius 3 is 1.31 bits per heavy atom. The van der Waals surface area contributed by atoms with E-state index in [1.807, 2.05) is 234 Å². The van der Waals surface area contributed by atoms with Gasteiger partial charge in [-0.25, -0.2) is 44.9 Å². The minimum absolute atomic E-state index is 0.101. The number of rotatable bonds is 24. The van der Waals surface area contributed by atoms with Crippen molar-refractivity contribution in [2.45, 2.75) is 115 Å². The molecule has 3 saturated carbocycles. The molecule has 678 valence electrons. The molecule has 4 aliphatic rings. The summed E-state index contributed by atoms with van der Waals surface area (Å²) in [6.45, 7) is 9.96. The number of H-pyrrole nitrogens is 5. The summed E-state index contributed by atoms with van der Waals surface area (Å²) >= 11 is 10.8. The number of piperidine rings is 1. The number of amides is 3. The van der Waals surface area contributed by atoms with Gasteiger partial charge >= 0.3 is 0 Å². The van der Waals surface area contributed by atoms with Crippen LogP contribution < -0.4 is 47.4 Å². The van der Waals surface area contributed by atoms with E-state index in [1.54, 1.807) is 60.1 Å². The minimum Gasteiger partial charge on any atom is -0.356 e. The predicted octanol–water partition coefficient (Wildman–Crippen LogP) is 19.2. The molecule has 20 aromatic rings. The number of aryl methyl sites for hydroxylation is 4. The number of aromatic nitrogens is 25. The molecule has 1 aliphatic heterocycles. The number of imidazole rings is 5. The van der Waals surface area contributed by atoms with Crippen LogP contribution in [-0.4, -0.2) is 154 Å². The smallest absolute Gasteiger partial charge is 0.227 e. The van der Waals surface area contributed by atoms with Crippen LogP contribution in [0.15, 0.2) is 268 Å². The zero-order valence-electron chi connectivity index (χ0n) is 73.2. The van der Waals surface area contributed by atoms with Gasteiger partial charge in [-0.2, -0.15) is 30.5 Å². The maximum atomic E-state index is 12.0. The topological polar surface area (TPSA) is 445 Å². The largest absolute Gasteiger partial charge is 0.356 e. The molecule has 37 nitrogen and oxygen atoms in total. The van der Waals surface area contributed by atoms with Crippen LogP contribution in [0.5, 0.6) is 0 Å². The van der Waals surface area contributed by atoms with Gasteiger partial charge in [0.15, 0.2) is 23.3 Å². The Labute approximate surface area is 788 Å². The molecule has 41 heteroatoms. The zero-order chi connectivity index (χ0) is 91.8. The highest BCUT2D eigenvalue weighted by Crippen LogP contribution is 2.39. The first kappa shape index (κ1) is 87.1. The Hall–Kier alpha value is -15.9. The number of anilines is 14. The summed E-state index contributed by atoms with van der Waals surface area (Å²) in [6, 6.07) is 59.0. The van der Waals surface area contributed by atoms with Crippen molar-refractivity contribution in [3.05, 3.63) is 266 Å². The summed E-state index contributed by atoms with van der Waals surface area (Å²) in [4.78, 5) is 85.0. The van der Waals surface area contributed by atoms with E-state index in [0.29, 0.717) is 40.7 Å². The molecule has 15 aromatic heterocycles. The van der Waals surface area contributed by atoms with E-state index < -0.39 is 0 Å². The highest BCUT2D eigenvalue weighted by Gasteiger charge is 2.32. The molecule has 0 bridgehead atoms. The minimum atomic E-state index is 0.101. The molecule has 3 aliphatic carbocycles. The van der Waals surface area contributed by atoms with Gasteiger partial charge in [-0.1, -0.05) is 66.0 Å². The Balaban J connectivity index is 0.000000105. The first-order valence-electron chi connectivity index (χ1n) is 43.8. The lowest BCUT2D eigenvalue weighted by atomic mass is 10.1. The van der Waals surface area contributed by atoms with Crippen LogP contribution in [0.4, 0.5) is 81.6 Å². The third kappa shape index (κ3) is 21.5. The average Bonchev–Trinajstić information content (AvgIpc) is 1.91. The first-order valence-corrected chi connectivity index (χ1v) is 46.6. The van der Waals surface area contributed by atoms with Gasteiger partial charge in [0, 0.05) is 121 Å². The van der Waals surface area contributed by atoms with Gasteiger partial charge in [0.05, 0.1) is 69.8 Å². The van der Waals surface area contributed by atoms with Gasteiger partial charge in [-0.15, -0.1) is 0 Å². The molecule has 0 unspecified atom stereocenters. The number of carbonyl (C=O) groups is 3. The maximum absolute atomic E-state index is 12.0. The number of para-hydroxylation sites is 1. The normalized spacial score (nSPS) is 13.4. The number of hydrogen-bond donors (Lipinski definition) is 13. The van der Waals surface area contributed by atoms with Gasteiger partial charge in [0.2, 0.25) is 52.7 Å². The maximum Gasteiger partial charge on any atom is 0.227 e. The molecular weight excluding hydrogens is 1780 g/mol. The van der Waals surface area contributed by atoms with Crippen LogP contribution in [0.1, 0.15) is 80.6 Å². The number of fused-ring (bicyclic) bond motifs is 6. The van der Waals surface area contributed by atoms with Crippen molar-refractivity contribution in [3.8, 4) is 11.3 Å². The fourth-order valence-corrected chi connectivity index (χ4v) is 17.5. The Kier molecular flexibility index (Phi) is 25.3. The second-order valence-corrected chi connectivity index (χ2v) is 36.3. The standard InChI is InChI=1S/C23H19N7OS.C20H18ClN7OS.C20H19N7OS.C16H14N6.C15H19N7/c31-22(14-5-6-14)25-15-7-9-17(10-8-15)32-20-11-16-12-24-13-30(16)23(26-20)27-21-18-3-1-2-4-19(18)28-29-21;1-11-8-16(27-26-11)24-20-25-17(9-14-10-22-19(21)28(14)20)30-15-6-4-13(5-7-15)23-18(29)12-2-3-12;1-12-8-18(26-25-12)29-17-9-16-10-21-11-27(16)20(24-17)23-15-6-4-14(5-7-15)22-19(28)13-2-3-13;1-11-7-15(21-20-11)19-16-18-14(12-5-3-2-4-6-12)8-13-9-17-10-22(13)16;1-11-7-13(20-19-11)17-15-18-14(21-5-3-2-4-6-21)8-12-9-16-10-22(12)15/h1-4,7-14H,5-6H2,(H,25,31)(H2,26,27,28,29);4-10,12H,2-3H2,1H3,(H,23,29)(H2,24,25,26,27);4-11,13H,2-3H2,1H3,(H,22,28)(H,23,24)(H,25,26);2-10H,1H3,(H2,18,19,20,21);7-10H,2-6H2,1H3,(H2,17,18,19,20). The SMILES string of the molecule is Cc1cc(Nc2nc(-c3ccccc3)cc3cncn23)n[nH]1.Cc1cc(Nc2nc(N3CCCCC3)cc3cncn23)n[nH]1.Cc1cc(Nc2nc(Sc3ccc(NC(=O)C4CC4)cc3)cc3cnc(Cl)n23)n[nH]1.Cc1cc(Sc2cc3cncn3c(Nc3ccc(NC(=O)C4CC4)cc3)n2)n[nH]1.O=C(Nc1ccc(Sc2cc3cncn3c(Nc3n[nH]c4ccccc34)n2)cc1)C1CC1. The Morgan fingerprint density at radius 2 is 0.807 bits per heavy atom. The molecule has 5 aromatic carbocycles. The summed E-state index contributed by atoms with van der Waals surface area (Å²) in [5, 5.41) is 65.8. The predicted molar refractivity (Wildman–Crippen MR) is 523 cm³/mol. The lowest BCUT2D eigenvalue weighted by molar-refractivity contribution is -0.118. The first-order chi connectivity index (χ1) is 66.0. The number of nitrogens with zero attached hydrogens (tertiary/aromatic N) is 21. The van der Waals surface area contributed by atoms with E-state index in [1.165, 1.54) is 42.8 Å². The molecule has 16 heterocycles. The third-order valence-corrected chi connectivity index (χ3v) is 25.1. The molecule has 0 atom stereocenters. The molecule has 13 N–H and O–H groups in total. The number of hydrogen-bond acceptors (Lipinski definition) is 27. The Bertz CT molecular complexity index is 7610. The van der Waals surface area contributed by atoms with E-state index in [0.717, 1.165) is 200 Å². The van der Waals surface area contributed by atoms with Crippen molar-refractivity contribution >= 4 is 185 Å². The average molecular weight is 1870 g/mol. The van der Waals surface area contributed by atoms with Crippen molar-refractivity contribution < 1.29 is 14.4 Å². The summed E-state index contributed by atoms with van der Waals surface area (Å²) in [5.74, 6) is 7.95. The summed E-state index contributed by atoms with van der Waals surface area (Å²) < 4.78 is 9.35. The summed E-state index contributed by atoms with van der Waals surface area (Å²) in [5.41, 5.74) is 14.8. The van der Waals surface area contributed by atoms with Gasteiger partial charge < -0.3 is 47.4 Å². The van der Waals surface area contributed by atoms with Crippen LogP contribution in [0.25, 0.3) is 49.7 Å². The zero-order valence-corrected chi connectivity index (χ0v) is 76.5. The van der Waals surface area contributed by atoms with Crippen LogP contribution in [-0.2, 0) is 14.4 Å². The third-order valence-electron chi connectivity index (χ3n) is 22.1. The van der Waals surface area contributed by atoms with Gasteiger partial charge in [0.25, 0.3) is 0 Å². The molecule has 0 spiro atoms. The number of halogens is 1. The van der Waals surface area contributed by atoms with E-state index in [-0.39, 0.29) is 35.5 Å². The molecule has 1 saturated heterocycles. The van der Waals surface area contributed by atoms with Gasteiger partial charge in [-0.05, 0) is 224 Å². The van der Waals surface area contributed by atoms with Gasteiger partial charge in [-0.3, -0.25) is 61.9 Å². The molecule has 0 radical (unpaired) electrons. The van der Waals surface area contributed by atoms with E-state index in [4.69, 9.17) is 36.5 Å². The monoisotopic (exact) mass is 1870 g/mol. The Morgan fingerprint density at radius 1 is 0.378 bits per heavy atom. The highest BCUT2D eigenvalue weighted by molar-refractivity contribution is 7.99. The van der Waals surface area contributed by atoms with Crippen molar-refractivity contribution in [3.63, 3.8) is 0 Å². The second kappa shape index (κ2) is 39.2. The van der Waals surface area contributed by atoms with Crippen LogP contribution in [0.2, 0.25) is 5.28 Å². The number of carbonyl (C=O) groups excluding carboxylic acids is 3. The quantitative estimate of drug-likeness (QED) is 0.0250. The molecular formula is C94H89ClN34O3S3. The van der Waals surface area contributed by atoms with Crippen molar-refractivity contribution in [2.24, 2.45) is 17.8 Å². The molecule has 24 rings (SSSR count). The van der Waals surface area contributed by atoms with Crippen LogP contribution in [0.3, 0.4) is 0 Å². The van der Waals surface area contributed by atoms with Crippen LogP contribution >= 0.6 is 46.9 Å². The van der Waals surface area contributed by atoms with Gasteiger partial charge in [0.1, 0.15) is 51.2 Å². The molecule has 135 heavy (non-hydrogen) atoms. The lowest BCUT2D eigenvalue weighted by Crippen LogP contribution is -2.30. The van der Waals surface area contributed by atoms with E-state index >= 15 is 0 Å². The number of aromatic amines is 5. The summed E-state index contributed by atoms with van der Waals surface area (Å²) in [7, 11) is 0. The van der Waals surface area contributed by atoms with Crippen molar-refractivity contribution in [1.82, 2.24) is 123 Å². The fourth-order valence-electron chi connectivity index (χ4n) is 14.8. The second-order valence-electron chi connectivity index (χ2n) is 32.8. The fraction of sp³-hybridized carbons (Fsp3) is 0.191. The summed E-state index contributed by atoms with van der Waals surface area (Å²) in [6.07, 6.45) is 25.6. The lowest BCUT2D eigenvalue weighted by Gasteiger charge is -2.28. The molecule has 4 fully saturated rings. The van der Waals surface area contributed by atoms with E-state index in [2.05, 4.69) is 129 Å². The van der Waals surface area contributed by atoms with Crippen molar-refractivity contribution in [1.29, 1.82) is 0 Å². The van der Waals surface area contributed by atoms with E-state index in [9.17, 15) is 14.4 Å². The van der Waals surface area contributed by atoms with Crippen molar-refractivity contribution in [2.75, 3.05) is 60.5 Å².